The van der Waals surface area contributed by atoms with Crippen LogP contribution >= 0.6 is 0 Å². The number of nitrogens with zero attached hydrogens (tertiary/aromatic N) is 2. The molecule has 21 heavy (non-hydrogen) atoms. The minimum Gasteiger partial charge on any atom is -0.384 e. The molecule has 0 aliphatic heterocycles. The van der Waals surface area contributed by atoms with Crippen LogP contribution in [0.1, 0.15) is 0 Å². The molecule has 0 saturated carbocycles. The van der Waals surface area contributed by atoms with Crippen LogP contribution in [0, 0.1) is 0 Å². The molecule has 0 aliphatic rings. The largest absolute Gasteiger partial charge is 0.384 e. The number of nitrogens with two attached hydrogens (primary N) is 1. The monoisotopic (exact) mass is 300 g/mol. The predicted octanol–water partition coefficient (Wildman–Crippen LogP) is 2.01. The third kappa shape index (κ3) is 2.63. The van der Waals surface area contributed by atoms with Gasteiger partial charge in [0, 0.05) is 29.4 Å². The maximum Gasteiger partial charge on any atom is 0.263 e. The number of rotatable bonds is 3. The lowest BCUT2D eigenvalue weighted by Gasteiger charge is -2.10. The smallest absolute Gasteiger partial charge is 0.263 e. The van der Waals surface area contributed by atoms with Crippen molar-refractivity contribution in [1.29, 1.82) is 0 Å². The van der Waals surface area contributed by atoms with E-state index < -0.39 is 10.0 Å². The molecule has 3 N–H and O–H groups in total. The van der Waals surface area contributed by atoms with Gasteiger partial charge in [-0.3, -0.25) is 9.71 Å². The zero-order valence-electron chi connectivity index (χ0n) is 10.9. The van der Waals surface area contributed by atoms with Gasteiger partial charge in [-0.1, -0.05) is 12.1 Å². The molecular formula is C14H12N4O2S. The molecule has 6 nitrogen and oxygen atoms in total. The second-order valence-electron chi connectivity index (χ2n) is 4.43. The average Bonchev–Trinajstić information content (AvgIpc) is 2.48. The Bertz CT molecular complexity index is 887. The number of nitrogens with one attached hydrogen (secondary N) is 1. The van der Waals surface area contributed by atoms with Crippen LogP contribution in [-0.4, -0.2) is 18.4 Å². The molecule has 0 amide bonds. The highest BCUT2D eigenvalue weighted by atomic mass is 32.2. The molecule has 0 spiro atoms. The van der Waals surface area contributed by atoms with Gasteiger partial charge in [-0.25, -0.2) is 13.4 Å². The maximum absolute atomic E-state index is 12.3. The van der Waals surface area contributed by atoms with Crippen molar-refractivity contribution in [3.05, 3.63) is 55.0 Å². The Labute approximate surface area is 121 Å². The lowest BCUT2D eigenvalue weighted by molar-refractivity contribution is 0.601. The van der Waals surface area contributed by atoms with Crippen molar-refractivity contribution < 1.29 is 8.42 Å². The molecule has 0 saturated heterocycles. The van der Waals surface area contributed by atoms with Gasteiger partial charge in [0.25, 0.3) is 10.0 Å². The molecule has 0 fully saturated rings. The van der Waals surface area contributed by atoms with Crippen molar-refractivity contribution in [2.24, 2.45) is 0 Å². The first kappa shape index (κ1) is 13.3. The SMILES string of the molecule is Nc1ccc(S(=O)(=O)Nc2cccc3cnccc23)cn1. The second kappa shape index (κ2) is 5.02. The molecule has 7 heteroatoms. The fourth-order valence-electron chi connectivity index (χ4n) is 1.97. The van der Waals surface area contributed by atoms with E-state index in [1.807, 2.05) is 6.07 Å². The van der Waals surface area contributed by atoms with Crippen LogP contribution in [0.15, 0.2) is 59.9 Å². The van der Waals surface area contributed by atoms with Gasteiger partial charge < -0.3 is 5.73 Å². The van der Waals surface area contributed by atoms with Crippen LogP contribution in [-0.2, 0) is 10.0 Å². The fourth-order valence-corrected chi connectivity index (χ4v) is 2.99. The first-order chi connectivity index (χ1) is 10.1. The predicted molar refractivity (Wildman–Crippen MR) is 81.2 cm³/mol. The number of sulfonamides is 1. The highest BCUT2D eigenvalue weighted by molar-refractivity contribution is 7.92. The molecule has 0 bridgehead atoms. The molecule has 3 rings (SSSR count). The lowest BCUT2D eigenvalue weighted by Crippen LogP contribution is -2.13. The van der Waals surface area contributed by atoms with Crippen molar-refractivity contribution in [2.45, 2.75) is 4.90 Å². The van der Waals surface area contributed by atoms with E-state index in [2.05, 4.69) is 14.7 Å². The van der Waals surface area contributed by atoms with Gasteiger partial charge in [-0.15, -0.1) is 0 Å². The zero-order valence-corrected chi connectivity index (χ0v) is 11.7. The zero-order chi connectivity index (χ0) is 14.9. The van der Waals surface area contributed by atoms with Gasteiger partial charge in [0.05, 0.1) is 5.69 Å². The highest BCUT2D eigenvalue weighted by Gasteiger charge is 2.15. The van der Waals surface area contributed by atoms with Crippen LogP contribution in [0.5, 0.6) is 0 Å². The molecule has 0 unspecified atom stereocenters. The van der Waals surface area contributed by atoms with Gasteiger partial charge in [0.2, 0.25) is 0 Å². The molecule has 1 aromatic carbocycles. The van der Waals surface area contributed by atoms with Crippen molar-refractivity contribution in [2.75, 3.05) is 10.5 Å². The minimum atomic E-state index is -3.71. The van der Waals surface area contributed by atoms with Crippen molar-refractivity contribution >= 4 is 32.3 Å². The van der Waals surface area contributed by atoms with E-state index in [1.165, 1.54) is 18.3 Å². The molecule has 2 aromatic heterocycles. The number of hydrogen-bond donors (Lipinski definition) is 2. The summed E-state index contributed by atoms with van der Waals surface area (Å²) in [6.45, 7) is 0. The average molecular weight is 300 g/mol. The summed E-state index contributed by atoms with van der Waals surface area (Å²) in [6.07, 6.45) is 4.52. The summed E-state index contributed by atoms with van der Waals surface area (Å²) in [5, 5.41) is 1.63. The fraction of sp³-hybridized carbons (Fsp3) is 0. The topological polar surface area (TPSA) is 98.0 Å². The summed E-state index contributed by atoms with van der Waals surface area (Å²) >= 11 is 0. The minimum absolute atomic E-state index is 0.0581. The van der Waals surface area contributed by atoms with E-state index >= 15 is 0 Å². The molecule has 0 aliphatic carbocycles. The van der Waals surface area contributed by atoms with Gasteiger partial charge in [-0.05, 0) is 24.3 Å². The van der Waals surface area contributed by atoms with Gasteiger partial charge in [0.1, 0.15) is 10.7 Å². The summed E-state index contributed by atoms with van der Waals surface area (Å²) in [7, 11) is -3.71. The van der Waals surface area contributed by atoms with Crippen LogP contribution in [0.4, 0.5) is 11.5 Å². The van der Waals surface area contributed by atoms with Crippen molar-refractivity contribution in [3.63, 3.8) is 0 Å². The first-order valence-electron chi connectivity index (χ1n) is 6.13. The van der Waals surface area contributed by atoms with Crippen molar-refractivity contribution in [1.82, 2.24) is 9.97 Å². The van der Waals surface area contributed by atoms with E-state index in [-0.39, 0.29) is 10.7 Å². The van der Waals surface area contributed by atoms with Crippen LogP contribution < -0.4 is 10.5 Å². The Morgan fingerprint density at radius 3 is 2.67 bits per heavy atom. The summed E-state index contributed by atoms with van der Waals surface area (Å²) in [6, 6.07) is 9.95. The number of nitrogen functional groups attached to an aromatic ring is 1. The molecule has 0 atom stereocenters. The summed E-state index contributed by atoms with van der Waals surface area (Å²) in [5.74, 6) is 0.269. The molecule has 0 radical (unpaired) electrons. The van der Waals surface area contributed by atoms with Crippen molar-refractivity contribution in [3.8, 4) is 0 Å². The maximum atomic E-state index is 12.3. The normalized spacial score (nSPS) is 11.4. The summed E-state index contributed by atoms with van der Waals surface area (Å²) < 4.78 is 27.3. The van der Waals surface area contributed by atoms with Crippen LogP contribution in [0.2, 0.25) is 0 Å². The van der Waals surface area contributed by atoms with E-state index in [0.29, 0.717) is 5.69 Å². The quantitative estimate of drug-likeness (QED) is 0.771. The Morgan fingerprint density at radius 1 is 1.05 bits per heavy atom. The Morgan fingerprint density at radius 2 is 1.90 bits per heavy atom. The number of pyridine rings is 2. The first-order valence-corrected chi connectivity index (χ1v) is 7.62. The number of hydrogen-bond acceptors (Lipinski definition) is 5. The Balaban J connectivity index is 2.03. The lowest BCUT2D eigenvalue weighted by atomic mass is 10.1. The number of benzene rings is 1. The molecular weight excluding hydrogens is 288 g/mol. The van der Waals surface area contributed by atoms with E-state index in [4.69, 9.17) is 5.73 Å². The van der Waals surface area contributed by atoms with Gasteiger partial charge >= 0.3 is 0 Å². The molecule has 2 heterocycles. The number of fused-ring (bicyclic) bond motifs is 1. The number of aromatic nitrogens is 2. The van der Waals surface area contributed by atoms with Gasteiger partial charge in [0.15, 0.2) is 0 Å². The third-order valence-corrected chi connectivity index (χ3v) is 4.35. The highest BCUT2D eigenvalue weighted by Crippen LogP contribution is 2.24. The molecule has 106 valence electrons. The number of anilines is 2. The Hall–Kier alpha value is -2.67. The van der Waals surface area contributed by atoms with Crippen LogP contribution in [0.3, 0.4) is 0 Å². The Kier molecular flexibility index (Phi) is 3.19. The van der Waals surface area contributed by atoms with E-state index in [9.17, 15) is 8.42 Å². The standard InChI is InChI=1S/C14H12N4O2S/c15-14-5-4-11(9-17-14)21(19,20)18-13-3-1-2-10-8-16-7-6-12(10)13/h1-9,18H,(H2,15,17). The van der Waals surface area contributed by atoms with Gasteiger partial charge in [-0.2, -0.15) is 0 Å². The van der Waals surface area contributed by atoms with E-state index in [1.54, 1.807) is 30.6 Å². The van der Waals surface area contributed by atoms with Crippen LogP contribution in [0.25, 0.3) is 10.8 Å². The second-order valence-corrected chi connectivity index (χ2v) is 6.11. The van der Waals surface area contributed by atoms with E-state index in [0.717, 1.165) is 10.8 Å². The summed E-state index contributed by atoms with van der Waals surface area (Å²) in [4.78, 5) is 7.87. The third-order valence-electron chi connectivity index (χ3n) is 2.99. The molecule has 3 aromatic rings. The summed E-state index contributed by atoms with van der Waals surface area (Å²) in [5.41, 5.74) is 5.96.